The average molecular weight is 353 g/mol. The van der Waals surface area contributed by atoms with E-state index in [0.29, 0.717) is 38.5 Å². The first kappa shape index (κ1) is 18.9. The van der Waals surface area contributed by atoms with Gasteiger partial charge in [-0.3, -0.25) is 4.79 Å². The summed E-state index contributed by atoms with van der Waals surface area (Å²) in [6, 6.07) is 8.64. The lowest BCUT2D eigenvalue weighted by Gasteiger charge is -2.35. The maximum absolute atomic E-state index is 12.5. The smallest absolute Gasteiger partial charge is 0.239 e. The van der Waals surface area contributed by atoms with Gasteiger partial charge in [-0.05, 0) is 17.9 Å². The molecule has 24 heavy (non-hydrogen) atoms. The van der Waals surface area contributed by atoms with Gasteiger partial charge in [0.2, 0.25) is 15.9 Å². The average Bonchev–Trinajstić information content (AvgIpc) is 2.54. The molecule has 7 heteroatoms. The predicted molar refractivity (Wildman–Crippen MR) is 94.6 cm³/mol. The highest BCUT2D eigenvalue weighted by Gasteiger charge is 2.30. The van der Waals surface area contributed by atoms with Crippen LogP contribution in [0.2, 0.25) is 0 Å². The van der Waals surface area contributed by atoms with E-state index in [1.807, 2.05) is 44.2 Å². The van der Waals surface area contributed by atoms with Crippen LogP contribution < -0.4 is 5.73 Å². The van der Waals surface area contributed by atoms with Gasteiger partial charge in [-0.2, -0.15) is 4.31 Å². The first-order chi connectivity index (χ1) is 11.3. The van der Waals surface area contributed by atoms with Gasteiger partial charge in [0.25, 0.3) is 0 Å². The van der Waals surface area contributed by atoms with Crippen molar-refractivity contribution in [2.75, 3.05) is 26.2 Å². The van der Waals surface area contributed by atoms with Crippen LogP contribution >= 0.6 is 0 Å². The molecule has 0 spiro atoms. The van der Waals surface area contributed by atoms with Crippen LogP contribution in [0, 0.1) is 5.92 Å². The number of carbonyl (C=O) groups excluding carboxylic acids is 1. The van der Waals surface area contributed by atoms with Crippen LogP contribution in [0.1, 0.15) is 25.8 Å². The SMILES string of the molecule is CC(C)C[C@H](N)C(=O)N1CCN(S(=O)(=O)Cc2ccccc2)CC1. The third-order valence-electron chi connectivity index (χ3n) is 4.18. The van der Waals surface area contributed by atoms with Gasteiger partial charge in [0, 0.05) is 26.2 Å². The van der Waals surface area contributed by atoms with Gasteiger partial charge in [0.15, 0.2) is 0 Å². The van der Waals surface area contributed by atoms with Crippen molar-refractivity contribution in [2.24, 2.45) is 11.7 Å². The van der Waals surface area contributed by atoms with Crippen molar-refractivity contribution in [3.05, 3.63) is 35.9 Å². The van der Waals surface area contributed by atoms with Crippen molar-refractivity contribution >= 4 is 15.9 Å². The molecule has 0 radical (unpaired) electrons. The van der Waals surface area contributed by atoms with Crippen LogP contribution in [-0.2, 0) is 20.6 Å². The molecule has 1 aliphatic rings. The van der Waals surface area contributed by atoms with Crippen LogP contribution in [-0.4, -0.2) is 55.8 Å². The Morgan fingerprint density at radius 3 is 2.25 bits per heavy atom. The van der Waals surface area contributed by atoms with Crippen LogP contribution in [0.3, 0.4) is 0 Å². The second-order valence-electron chi connectivity index (χ2n) is 6.70. The zero-order chi connectivity index (χ0) is 17.7. The lowest BCUT2D eigenvalue weighted by Crippen LogP contribution is -2.54. The maximum Gasteiger partial charge on any atom is 0.239 e. The van der Waals surface area contributed by atoms with Gasteiger partial charge in [-0.15, -0.1) is 0 Å². The van der Waals surface area contributed by atoms with E-state index in [1.54, 1.807) is 4.90 Å². The highest BCUT2D eigenvalue weighted by molar-refractivity contribution is 7.88. The molecule has 0 bridgehead atoms. The molecular weight excluding hydrogens is 326 g/mol. The highest BCUT2D eigenvalue weighted by atomic mass is 32.2. The van der Waals surface area contributed by atoms with Crippen LogP contribution in [0.25, 0.3) is 0 Å². The molecule has 2 N–H and O–H groups in total. The topological polar surface area (TPSA) is 83.7 Å². The van der Waals surface area contributed by atoms with Gasteiger partial charge in [-0.1, -0.05) is 44.2 Å². The normalized spacial score (nSPS) is 17.9. The Morgan fingerprint density at radius 2 is 1.71 bits per heavy atom. The summed E-state index contributed by atoms with van der Waals surface area (Å²) in [5, 5.41) is 0. The monoisotopic (exact) mass is 353 g/mol. The summed E-state index contributed by atoms with van der Waals surface area (Å²) in [7, 11) is -3.36. The molecule has 0 aliphatic carbocycles. The molecular formula is C17H27N3O3S. The predicted octanol–water partition coefficient (Wildman–Crippen LogP) is 1.03. The van der Waals surface area contributed by atoms with Crippen molar-refractivity contribution in [1.29, 1.82) is 0 Å². The summed E-state index contributed by atoms with van der Waals surface area (Å²) in [6.45, 7) is 5.52. The van der Waals surface area contributed by atoms with Crippen molar-refractivity contribution in [2.45, 2.75) is 32.1 Å². The summed E-state index contributed by atoms with van der Waals surface area (Å²) in [6.07, 6.45) is 0.644. The fourth-order valence-corrected chi connectivity index (χ4v) is 4.42. The molecule has 1 fully saturated rings. The van der Waals surface area contributed by atoms with Crippen molar-refractivity contribution in [3.8, 4) is 0 Å². The number of nitrogens with zero attached hydrogens (tertiary/aromatic N) is 2. The van der Waals surface area contributed by atoms with E-state index in [0.717, 1.165) is 5.56 Å². The number of nitrogens with two attached hydrogens (primary N) is 1. The lowest BCUT2D eigenvalue weighted by atomic mass is 10.0. The summed E-state index contributed by atoms with van der Waals surface area (Å²) in [5.74, 6) is 0.273. The Labute approximate surface area is 144 Å². The first-order valence-electron chi connectivity index (χ1n) is 8.35. The molecule has 6 nitrogen and oxygen atoms in total. The minimum absolute atomic E-state index is 0.00531. The van der Waals surface area contributed by atoms with Crippen LogP contribution in [0.15, 0.2) is 30.3 Å². The lowest BCUT2D eigenvalue weighted by molar-refractivity contribution is -0.134. The van der Waals surface area contributed by atoms with E-state index < -0.39 is 16.1 Å². The molecule has 1 heterocycles. The quantitative estimate of drug-likeness (QED) is 0.828. The minimum Gasteiger partial charge on any atom is -0.339 e. The molecule has 1 aliphatic heterocycles. The van der Waals surface area contributed by atoms with Crippen LogP contribution in [0.5, 0.6) is 0 Å². The van der Waals surface area contributed by atoms with Gasteiger partial charge in [0.1, 0.15) is 0 Å². The summed E-state index contributed by atoms with van der Waals surface area (Å²) < 4.78 is 26.5. The molecule has 0 saturated carbocycles. The van der Waals surface area contributed by atoms with Gasteiger partial charge in [-0.25, -0.2) is 8.42 Å². The first-order valence-corrected chi connectivity index (χ1v) is 9.96. The van der Waals surface area contributed by atoms with E-state index >= 15 is 0 Å². The number of hydrogen-bond acceptors (Lipinski definition) is 4. The van der Waals surface area contributed by atoms with Gasteiger partial charge < -0.3 is 10.6 Å². The van der Waals surface area contributed by atoms with Crippen molar-refractivity contribution < 1.29 is 13.2 Å². The van der Waals surface area contributed by atoms with E-state index in [2.05, 4.69) is 0 Å². The summed E-state index contributed by atoms with van der Waals surface area (Å²) in [4.78, 5) is 14.0. The minimum atomic E-state index is -3.36. The molecule has 0 aromatic heterocycles. The second-order valence-corrected chi connectivity index (χ2v) is 8.67. The number of benzene rings is 1. The Morgan fingerprint density at radius 1 is 1.12 bits per heavy atom. The Balaban J connectivity index is 1.91. The van der Waals surface area contributed by atoms with Crippen LogP contribution in [0.4, 0.5) is 0 Å². The number of carbonyl (C=O) groups is 1. The van der Waals surface area contributed by atoms with Gasteiger partial charge in [0.05, 0.1) is 11.8 Å². The fraction of sp³-hybridized carbons (Fsp3) is 0.588. The molecule has 134 valence electrons. The fourth-order valence-electron chi connectivity index (χ4n) is 2.91. The van der Waals surface area contributed by atoms with E-state index in [9.17, 15) is 13.2 Å². The standard InChI is InChI=1S/C17H27N3O3S/c1-14(2)12-16(18)17(21)19-8-10-20(11-9-19)24(22,23)13-15-6-4-3-5-7-15/h3-7,14,16H,8-13,18H2,1-2H3/t16-/m0/s1. The Bertz CT molecular complexity index is 638. The number of amides is 1. The van der Waals surface area contributed by atoms with E-state index in [4.69, 9.17) is 5.73 Å². The molecule has 2 rings (SSSR count). The zero-order valence-electron chi connectivity index (χ0n) is 14.4. The van der Waals surface area contributed by atoms with Crippen molar-refractivity contribution in [1.82, 2.24) is 9.21 Å². The number of piperazine rings is 1. The molecule has 1 aromatic rings. The Hall–Kier alpha value is -1.44. The molecule has 0 unspecified atom stereocenters. The molecule has 1 saturated heterocycles. The largest absolute Gasteiger partial charge is 0.339 e. The summed E-state index contributed by atoms with van der Waals surface area (Å²) in [5.41, 5.74) is 6.72. The van der Waals surface area contributed by atoms with Gasteiger partial charge >= 0.3 is 0 Å². The third-order valence-corrected chi connectivity index (χ3v) is 6.03. The highest BCUT2D eigenvalue weighted by Crippen LogP contribution is 2.15. The molecule has 1 aromatic carbocycles. The third kappa shape index (κ3) is 5.03. The maximum atomic E-state index is 12.5. The molecule has 1 atom stereocenters. The van der Waals surface area contributed by atoms with E-state index in [-0.39, 0.29) is 11.7 Å². The number of sulfonamides is 1. The molecule has 1 amide bonds. The number of rotatable bonds is 6. The Kier molecular flexibility index (Phi) is 6.37. The zero-order valence-corrected chi connectivity index (χ0v) is 15.2. The second kappa shape index (κ2) is 8.09. The van der Waals surface area contributed by atoms with E-state index in [1.165, 1.54) is 4.31 Å². The summed E-state index contributed by atoms with van der Waals surface area (Å²) >= 11 is 0. The van der Waals surface area contributed by atoms with Crippen molar-refractivity contribution in [3.63, 3.8) is 0 Å². The number of hydrogen-bond donors (Lipinski definition) is 1.